The minimum Gasteiger partial charge on any atom is -0.484 e. The summed E-state index contributed by atoms with van der Waals surface area (Å²) in [5.74, 6) is 1.95. The van der Waals surface area contributed by atoms with Crippen molar-refractivity contribution in [1.82, 2.24) is 4.90 Å². The highest BCUT2D eigenvalue weighted by molar-refractivity contribution is 8.16. The molecule has 0 bridgehead atoms. The van der Waals surface area contributed by atoms with E-state index in [0.717, 1.165) is 0 Å². The molecule has 0 spiro atoms. The van der Waals surface area contributed by atoms with E-state index in [0.29, 0.717) is 16.0 Å². The highest BCUT2D eigenvalue weighted by Gasteiger charge is 2.17. The van der Waals surface area contributed by atoms with E-state index in [1.54, 1.807) is 0 Å². The van der Waals surface area contributed by atoms with Gasteiger partial charge in [0.05, 0.1) is 11.1 Å². The summed E-state index contributed by atoms with van der Waals surface area (Å²) in [5.41, 5.74) is 1.73. The maximum absolute atomic E-state index is 12.9. The lowest BCUT2D eigenvalue weighted by molar-refractivity contribution is -0.135. The van der Waals surface area contributed by atoms with Crippen LogP contribution in [0.25, 0.3) is 0 Å². The van der Waals surface area contributed by atoms with Crippen molar-refractivity contribution in [2.75, 3.05) is 37.0 Å². The van der Waals surface area contributed by atoms with Crippen molar-refractivity contribution in [1.29, 1.82) is 0 Å². The van der Waals surface area contributed by atoms with Crippen LogP contribution in [-0.2, 0) is 9.59 Å². The van der Waals surface area contributed by atoms with Crippen LogP contribution in [0.4, 0.5) is 10.1 Å². The normalized spacial score (nSPS) is 14.3. The van der Waals surface area contributed by atoms with Gasteiger partial charge in [-0.3, -0.25) is 9.59 Å². The molecule has 8 heteroatoms. The summed E-state index contributed by atoms with van der Waals surface area (Å²) in [6.07, 6.45) is 1.25. The summed E-state index contributed by atoms with van der Waals surface area (Å²) in [4.78, 5) is 25.6. The number of hydrogen-bond acceptors (Lipinski definition) is 5. The summed E-state index contributed by atoms with van der Waals surface area (Å²) in [7, 11) is 1.54. The first kappa shape index (κ1) is 21.5. The van der Waals surface area contributed by atoms with Gasteiger partial charge in [-0.1, -0.05) is 12.1 Å². The first-order chi connectivity index (χ1) is 14.0. The van der Waals surface area contributed by atoms with E-state index in [-0.39, 0.29) is 30.8 Å². The molecule has 0 unspecified atom stereocenters. The Kier molecular flexibility index (Phi) is 7.83. The average Bonchev–Trinajstić information content (AvgIpc) is 2.74. The molecule has 1 aliphatic heterocycles. The molecule has 2 amide bonds. The Morgan fingerprint density at radius 3 is 2.41 bits per heavy atom. The fourth-order valence-electron chi connectivity index (χ4n) is 2.69. The van der Waals surface area contributed by atoms with Crippen LogP contribution in [0.2, 0.25) is 0 Å². The van der Waals surface area contributed by atoms with E-state index in [1.807, 2.05) is 47.8 Å². The molecule has 2 aromatic carbocycles. The Bertz CT molecular complexity index is 825. The van der Waals surface area contributed by atoms with Gasteiger partial charge in [-0.25, -0.2) is 4.39 Å². The molecule has 1 fully saturated rings. The van der Waals surface area contributed by atoms with Crippen molar-refractivity contribution in [3.8, 4) is 5.75 Å². The second kappa shape index (κ2) is 10.5. The summed E-state index contributed by atoms with van der Waals surface area (Å²) in [6.45, 7) is -0.263. The number of likely N-dealkylation sites (N-methyl/N-ethyl adjacent to an activating group) is 1. The predicted molar refractivity (Wildman–Crippen MR) is 117 cm³/mol. The molecule has 29 heavy (non-hydrogen) atoms. The van der Waals surface area contributed by atoms with Gasteiger partial charge in [-0.2, -0.15) is 0 Å². The maximum Gasteiger partial charge on any atom is 0.260 e. The zero-order valence-electron chi connectivity index (χ0n) is 16.1. The number of nitrogens with one attached hydrogen (secondary N) is 1. The number of amides is 2. The highest BCUT2D eigenvalue weighted by atomic mass is 32.2. The molecule has 1 heterocycles. The number of anilines is 1. The van der Waals surface area contributed by atoms with Gasteiger partial charge in [0.1, 0.15) is 11.6 Å². The van der Waals surface area contributed by atoms with Gasteiger partial charge in [-0.15, -0.1) is 23.5 Å². The topological polar surface area (TPSA) is 58.6 Å². The molecule has 0 aliphatic carbocycles. The minimum absolute atomic E-state index is 0.116. The van der Waals surface area contributed by atoms with Gasteiger partial charge < -0.3 is 15.0 Å². The molecule has 1 saturated heterocycles. The molecule has 1 N–H and O–H groups in total. The van der Waals surface area contributed by atoms with E-state index < -0.39 is 0 Å². The zero-order chi connectivity index (χ0) is 20.6. The zero-order valence-corrected chi connectivity index (χ0v) is 17.7. The fourth-order valence-corrected chi connectivity index (χ4v) is 5.59. The van der Waals surface area contributed by atoms with Crippen LogP contribution in [-0.4, -0.2) is 48.4 Å². The van der Waals surface area contributed by atoms with E-state index in [2.05, 4.69) is 5.32 Å². The molecule has 1 aliphatic rings. The summed E-state index contributed by atoms with van der Waals surface area (Å²) in [6, 6.07) is 13.3. The minimum atomic E-state index is -0.378. The lowest BCUT2D eigenvalue weighted by Crippen LogP contribution is -2.37. The van der Waals surface area contributed by atoms with Crippen LogP contribution in [0.15, 0.2) is 48.5 Å². The molecular weight excluding hydrogens is 411 g/mol. The highest BCUT2D eigenvalue weighted by Crippen LogP contribution is 2.43. The van der Waals surface area contributed by atoms with Crippen molar-refractivity contribution in [3.05, 3.63) is 59.9 Å². The largest absolute Gasteiger partial charge is 0.484 e. The second-order valence-electron chi connectivity index (χ2n) is 6.59. The Labute approximate surface area is 178 Å². The molecule has 2 aromatic rings. The molecule has 3 rings (SSSR count). The van der Waals surface area contributed by atoms with Crippen molar-refractivity contribution in [3.63, 3.8) is 0 Å². The van der Waals surface area contributed by atoms with Crippen LogP contribution >= 0.6 is 23.5 Å². The molecule has 154 valence electrons. The van der Waals surface area contributed by atoms with E-state index in [9.17, 15) is 14.0 Å². The monoisotopic (exact) mass is 434 g/mol. The van der Waals surface area contributed by atoms with E-state index in [1.165, 1.54) is 59.7 Å². The number of thioether (sulfide) groups is 2. The third kappa shape index (κ3) is 6.68. The predicted octanol–water partition coefficient (Wildman–Crippen LogP) is 4.17. The lowest BCUT2D eigenvalue weighted by atomic mass is 10.2. The number of carbonyl (C=O) groups is 2. The number of ether oxygens (including phenoxy) is 1. The van der Waals surface area contributed by atoms with Gasteiger partial charge in [-0.05, 0) is 59.9 Å². The van der Waals surface area contributed by atoms with Crippen LogP contribution < -0.4 is 10.1 Å². The SMILES string of the molecule is CN(CC(=O)Nc1ccc(F)cc1)C(=O)COc1ccc(C2SCCCS2)cc1. The number of benzene rings is 2. The first-order valence-electron chi connectivity index (χ1n) is 9.26. The average molecular weight is 435 g/mol. The Morgan fingerprint density at radius 2 is 1.76 bits per heavy atom. The fraction of sp³-hybridized carbons (Fsp3) is 0.333. The van der Waals surface area contributed by atoms with Gasteiger partial charge in [0.25, 0.3) is 5.91 Å². The van der Waals surface area contributed by atoms with E-state index in [4.69, 9.17) is 4.74 Å². The van der Waals surface area contributed by atoms with Crippen molar-refractivity contribution in [2.24, 2.45) is 0 Å². The van der Waals surface area contributed by atoms with Crippen LogP contribution in [0.1, 0.15) is 16.6 Å². The number of nitrogens with zero attached hydrogens (tertiary/aromatic N) is 1. The van der Waals surface area contributed by atoms with Gasteiger partial charge in [0.2, 0.25) is 5.91 Å². The lowest BCUT2D eigenvalue weighted by Gasteiger charge is -2.21. The Hall–Kier alpha value is -2.19. The summed E-state index contributed by atoms with van der Waals surface area (Å²) >= 11 is 3.91. The quantitative estimate of drug-likeness (QED) is 0.709. The van der Waals surface area contributed by atoms with Crippen LogP contribution in [0, 0.1) is 5.82 Å². The number of rotatable bonds is 7. The van der Waals surface area contributed by atoms with E-state index >= 15 is 0 Å². The Morgan fingerprint density at radius 1 is 1.10 bits per heavy atom. The standard InChI is InChI=1S/C21H23FN2O3S2/c1-24(13-19(25)23-17-7-5-16(22)6-8-17)20(26)14-27-18-9-3-15(4-10-18)21-28-11-2-12-29-21/h3-10,21H,2,11-14H2,1H3,(H,23,25). The van der Waals surface area contributed by atoms with Crippen LogP contribution in [0.5, 0.6) is 5.75 Å². The number of hydrogen-bond donors (Lipinski definition) is 1. The smallest absolute Gasteiger partial charge is 0.260 e. The van der Waals surface area contributed by atoms with Crippen molar-refractivity contribution >= 4 is 41.0 Å². The number of carbonyl (C=O) groups excluding carboxylic acids is 2. The molecular formula is C21H23FN2O3S2. The third-order valence-electron chi connectivity index (χ3n) is 4.28. The number of halogens is 1. The van der Waals surface area contributed by atoms with Crippen molar-refractivity contribution < 1.29 is 18.7 Å². The van der Waals surface area contributed by atoms with Gasteiger partial charge in [0.15, 0.2) is 6.61 Å². The second-order valence-corrected chi connectivity index (χ2v) is 9.31. The first-order valence-corrected chi connectivity index (χ1v) is 11.4. The molecule has 0 aromatic heterocycles. The molecule has 0 atom stereocenters. The summed E-state index contributed by atoms with van der Waals surface area (Å²) < 4.78 is 18.9. The molecule has 0 radical (unpaired) electrons. The third-order valence-corrected chi connectivity index (χ3v) is 7.29. The Balaban J connectivity index is 1.43. The maximum atomic E-state index is 12.9. The van der Waals surface area contributed by atoms with Gasteiger partial charge in [0, 0.05) is 12.7 Å². The molecule has 5 nitrogen and oxygen atoms in total. The van der Waals surface area contributed by atoms with Crippen molar-refractivity contribution in [2.45, 2.75) is 11.0 Å². The summed E-state index contributed by atoms with van der Waals surface area (Å²) in [5, 5.41) is 2.62. The molecule has 0 saturated carbocycles. The van der Waals surface area contributed by atoms with Gasteiger partial charge >= 0.3 is 0 Å². The van der Waals surface area contributed by atoms with Crippen LogP contribution in [0.3, 0.4) is 0 Å².